The van der Waals surface area contributed by atoms with Crippen molar-refractivity contribution >= 4 is 29.4 Å². The van der Waals surface area contributed by atoms with Crippen molar-refractivity contribution in [1.29, 1.82) is 0 Å². The van der Waals surface area contributed by atoms with Crippen LogP contribution in [0.2, 0.25) is 0 Å². The van der Waals surface area contributed by atoms with Gasteiger partial charge in [-0.15, -0.1) is 5.10 Å². The van der Waals surface area contributed by atoms with Gasteiger partial charge in [-0.05, 0) is 19.1 Å². The second-order valence-corrected chi connectivity index (χ2v) is 4.05. The summed E-state index contributed by atoms with van der Waals surface area (Å²) in [5, 5.41) is 4.48. The molecule has 0 saturated carbocycles. The van der Waals surface area contributed by atoms with Gasteiger partial charge in [0.25, 0.3) is 5.71 Å². The van der Waals surface area contributed by atoms with Crippen LogP contribution in [0, 0.1) is 6.92 Å². The summed E-state index contributed by atoms with van der Waals surface area (Å²) in [4.78, 5) is 35.1. The van der Waals surface area contributed by atoms with Gasteiger partial charge in [0.05, 0.1) is 27.0 Å². The minimum absolute atomic E-state index is 0.308. The third-order valence-corrected chi connectivity index (χ3v) is 2.58. The largest absolute Gasteiger partial charge is 0.464 e. The number of hydrazone groups is 1. The first kappa shape index (κ1) is 17.2. The number of amides is 1. The fraction of sp³-hybridized carbons (Fsp3) is 0.286. The van der Waals surface area contributed by atoms with E-state index >= 15 is 0 Å². The van der Waals surface area contributed by atoms with Gasteiger partial charge in [-0.2, -0.15) is 5.01 Å². The number of methoxy groups -OCH3 is 3. The van der Waals surface area contributed by atoms with E-state index in [0.29, 0.717) is 5.69 Å². The van der Waals surface area contributed by atoms with Crippen molar-refractivity contribution in [3.8, 4) is 0 Å². The predicted octanol–water partition coefficient (Wildman–Crippen LogP) is 1.27. The number of carbonyl (C=O) groups excluding carboxylic acids is 3. The molecular weight excluding hydrogens is 292 g/mol. The molecule has 0 aliphatic heterocycles. The molecular formula is C14H16N2O6. The Bertz CT molecular complexity index is 576. The molecule has 1 rings (SSSR count). The smallest absolute Gasteiger partial charge is 0.434 e. The maximum absolute atomic E-state index is 11.8. The van der Waals surface area contributed by atoms with Crippen LogP contribution in [-0.4, -0.2) is 45.1 Å². The summed E-state index contributed by atoms with van der Waals surface area (Å²) in [6.07, 6.45) is -0.880. The van der Waals surface area contributed by atoms with Crippen LogP contribution >= 0.6 is 0 Å². The van der Waals surface area contributed by atoms with Crippen LogP contribution in [0.25, 0.3) is 0 Å². The molecule has 0 aliphatic carbocycles. The molecule has 1 aromatic carbocycles. The Kier molecular flexibility index (Phi) is 6.06. The molecule has 118 valence electrons. The Hall–Kier alpha value is -2.90. The molecule has 1 aromatic rings. The van der Waals surface area contributed by atoms with Gasteiger partial charge < -0.3 is 14.2 Å². The minimum Gasteiger partial charge on any atom is -0.464 e. The molecule has 0 atom stereocenters. The third kappa shape index (κ3) is 4.05. The number of carbonyl (C=O) groups is 3. The molecule has 0 N–H and O–H groups in total. The van der Waals surface area contributed by atoms with E-state index in [1.54, 1.807) is 24.3 Å². The molecule has 0 bridgehead atoms. The average molecular weight is 308 g/mol. The van der Waals surface area contributed by atoms with Crippen molar-refractivity contribution in [3.05, 3.63) is 29.8 Å². The summed E-state index contributed by atoms with van der Waals surface area (Å²) >= 11 is 0. The van der Waals surface area contributed by atoms with Crippen molar-refractivity contribution in [2.45, 2.75) is 6.92 Å². The highest BCUT2D eigenvalue weighted by Crippen LogP contribution is 2.17. The zero-order valence-electron chi connectivity index (χ0n) is 12.7. The lowest BCUT2D eigenvalue weighted by Gasteiger charge is -2.16. The Balaban J connectivity index is 3.33. The van der Waals surface area contributed by atoms with E-state index in [2.05, 4.69) is 19.3 Å². The van der Waals surface area contributed by atoms with Crippen molar-refractivity contribution < 1.29 is 28.6 Å². The number of benzene rings is 1. The number of nitrogens with zero attached hydrogens (tertiary/aromatic N) is 2. The number of anilines is 1. The number of ether oxygens (including phenoxy) is 3. The molecule has 0 saturated heterocycles. The van der Waals surface area contributed by atoms with Crippen molar-refractivity contribution in [2.24, 2.45) is 5.10 Å². The normalized spacial score (nSPS) is 9.45. The van der Waals surface area contributed by atoms with Gasteiger partial charge in [-0.1, -0.05) is 17.7 Å². The van der Waals surface area contributed by atoms with E-state index in [0.717, 1.165) is 31.9 Å². The highest BCUT2D eigenvalue weighted by molar-refractivity contribution is 6.62. The lowest BCUT2D eigenvalue weighted by atomic mass is 10.2. The first-order valence-corrected chi connectivity index (χ1v) is 6.14. The van der Waals surface area contributed by atoms with E-state index in [4.69, 9.17) is 0 Å². The van der Waals surface area contributed by atoms with Crippen LogP contribution in [0.5, 0.6) is 0 Å². The molecule has 8 nitrogen and oxygen atoms in total. The number of hydrogen-bond acceptors (Lipinski definition) is 7. The van der Waals surface area contributed by atoms with Gasteiger partial charge in [0.2, 0.25) is 0 Å². The highest BCUT2D eigenvalue weighted by atomic mass is 16.6. The van der Waals surface area contributed by atoms with Crippen LogP contribution in [0.4, 0.5) is 10.5 Å². The Labute approximate surface area is 127 Å². The lowest BCUT2D eigenvalue weighted by molar-refractivity contribution is -0.138. The Morgan fingerprint density at radius 2 is 1.41 bits per heavy atom. The summed E-state index contributed by atoms with van der Waals surface area (Å²) < 4.78 is 13.5. The molecule has 0 aliphatic rings. The second-order valence-electron chi connectivity index (χ2n) is 4.05. The lowest BCUT2D eigenvalue weighted by Crippen LogP contribution is -2.33. The first-order chi connectivity index (χ1) is 10.4. The van der Waals surface area contributed by atoms with Gasteiger partial charge in [-0.3, -0.25) is 0 Å². The number of hydrogen-bond donors (Lipinski definition) is 0. The monoisotopic (exact) mass is 308 g/mol. The van der Waals surface area contributed by atoms with Gasteiger partial charge in [-0.25, -0.2) is 14.4 Å². The molecule has 0 spiro atoms. The van der Waals surface area contributed by atoms with Gasteiger partial charge in [0.1, 0.15) is 0 Å². The SMILES string of the molecule is COC(=O)C(=NN(C(=O)OC)c1ccc(C)cc1)C(=O)OC. The fourth-order valence-corrected chi connectivity index (χ4v) is 1.43. The molecule has 8 heteroatoms. The third-order valence-electron chi connectivity index (χ3n) is 2.58. The number of aryl methyl sites for hydroxylation is 1. The van der Waals surface area contributed by atoms with E-state index in [1.807, 2.05) is 6.92 Å². The maximum Gasteiger partial charge on any atom is 0.434 e. The van der Waals surface area contributed by atoms with E-state index in [9.17, 15) is 14.4 Å². The molecule has 0 radical (unpaired) electrons. The van der Waals surface area contributed by atoms with Gasteiger partial charge in [0.15, 0.2) is 0 Å². The number of esters is 2. The van der Waals surface area contributed by atoms with E-state index in [1.165, 1.54) is 0 Å². The summed E-state index contributed by atoms with van der Waals surface area (Å²) in [6.45, 7) is 1.86. The molecule has 22 heavy (non-hydrogen) atoms. The zero-order chi connectivity index (χ0) is 16.7. The predicted molar refractivity (Wildman–Crippen MR) is 77.5 cm³/mol. The Morgan fingerprint density at radius 3 is 1.82 bits per heavy atom. The fourth-order valence-electron chi connectivity index (χ4n) is 1.43. The Morgan fingerprint density at radius 1 is 0.909 bits per heavy atom. The van der Waals surface area contributed by atoms with Crippen LogP contribution in [-0.2, 0) is 23.8 Å². The molecule has 0 unspecified atom stereocenters. The quantitative estimate of drug-likeness (QED) is 0.273. The molecule has 1 amide bonds. The van der Waals surface area contributed by atoms with Crippen LogP contribution in [0.15, 0.2) is 29.4 Å². The standard InChI is InChI=1S/C14H16N2O6/c1-9-5-7-10(8-6-9)16(14(19)22-4)15-11(12(17)20-2)13(18)21-3/h5-8H,1-4H3. The number of rotatable bonds is 4. The zero-order valence-corrected chi connectivity index (χ0v) is 12.7. The summed E-state index contributed by atoms with van der Waals surface area (Å²) in [5.41, 5.74) is 0.581. The van der Waals surface area contributed by atoms with Gasteiger partial charge >= 0.3 is 18.0 Å². The van der Waals surface area contributed by atoms with Crippen LogP contribution in [0.1, 0.15) is 5.56 Å². The van der Waals surface area contributed by atoms with Gasteiger partial charge in [0, 0.05) is 0 Å². The van der Waals surface area contributed by atoms with E-state index in [-0.39, 0.29) is 0 Å². The van der Waals surface area contributed by atoms with Crippen molar-refractivity contribution in [3.63, 3.8) is 0 Å². The molecule has 0 aromatic heterocycles. The average Bonchev–Trinajstić information content (AvgIpc) is 2.55. The summed E-state index contributed by atoms with van der Waals surface area (Å²) in [5.74, 6) is -2.07. The van der Waals surface area contributed by atoms with Crippen molar-refractivity contribution in [1.82, 2.24) is 0 Å². The van der Waals surface area contributed by atoms with Crippen molar-refractivity contribution in [2.75, 3.05) is 26.3 Å². The highest BCUT2D eigenvalue weighted by Gasteiger charge is 2.26. The summed E-state index contributed by atoms with van der Waals surface area (Å²) in [7, 11) is 3.30. The topological polar surface area (TPSA) is 94.5 Å². The maximum atomic E-state index is 11.8. The minimum atomic E-state index is -1.03. The van der Waals surface area contributed by atoms with Crippen LogP contribution < -0.4 is 5.01 Å². The first-order valence-electron chi connectivity index (χ1n) is 6.14. The van der Waals surface area contributed by atoms with E-state index < -0.39 is 23.7 Å². The summed E-state index contributed by atoms with van der Waals surface area (Å²) in [6, 6.07) is 6.64. The second kappa shape index (κ2) is 7.77. The van der Waals surface area contributed by atoms with Crippen LogP contribution in [0.3, 0.4) is 0 Å². The molecule has 0 fully saturated rings. The molecule has 0 heterocycles.